The molecule has 0 bridgehead atoms. The zero-order valence-corrected chi connectivity index (χ0v) is 15.2. The van der Waals surface area contributed by atoms with Crippen LogP contribution >= 0.6 is 23.2 Å². The molecule has 2 aromatic rings. The Hall–Kier alpha value is -1.47. The lowest BCUT2D eigenvalue weighted by Gasteiger charge is -2.40. The summed E-state index contributed by atoms with van der Waals surface area (Å²) in [5.41, 5.74) is 1.46. The Kier molecular flexibility index (Phi) is 4.92. The average molecular weight is 387 g/mol. The number of ether oxygens (including phenoxy) is 1. The van der Waals surface area contributed by atoms with Gasteiger partial charge in [0, 0.05) is 31.6 Å². The first-order valence-corrected chi connectivity index (χ1v) is 9.49. The topological polar surface area (TPSA) is 58.6 Å². The van der Waals surface area contributed by atoms with Gasteiger partial charge in [-0.3, -0.25) is 4.72 Å². The van der Waals surface area contributed by atoms with Gasteiger partial charge in [0.15, 0.2) is 0 Å². The molecule has 1 aliphatic rings. The number of hydrogen-bond donors (Lipinski definition) is 1. The first-order valence-electron chi connectivity index (χ1n) is 7.25. The summed E-state index contributed by atoms with van der Waals surface area (Å²) in [4.78, 5) is 2.03. The molecule has 0 amide bonds. The minimum Gasteiger partial charge on any atom is -0.378 e. The van der Waals surface area contributed by atoms with E-state index in [2.05, 4.69) is 9.62 Å². The molecule has 1 fully saturated rings. The molecule has 0 radical (unpaired) electrons. The van der Waals surface area contributed by atoms with Gasteiger partial charge in [0.05, 0.1) is 16.1 Å². The van der Waals surface area contributed by atoms with E-state index >= 15 is 0 Å². The van der Waals surface area contributed by atoms with Gasteiger partial charge in [0.2, 0.25) is 0 Å². The standard InChI is InChI=1S/C16H16Cl2N2O3S/c1-23-13-9-20(10-13)12-7-5-11(6-8-12)19-24(21,22)16-14(17)3-2-4-15(16)18/h2-8,13,19H,9-10H2,1H3. The fraction of sp³-hybridized carbons (Fsp3) is 0.250. The third-order valence-electron chi connectivity index (χ3n) is 3.85. The van der Waals surface area contributed by atoms with Crippen molar-refractivity contribution < 1.29 is 13.2 Å². The third kappa shape index (κ3) is 3.47. The van der Waals surface area contributed by atoms with Crippen molar-refractivity contribution in [3.05, 3.63) is 52.5 Å². The maximum Gasteiger partial charge on any atom is 0.264 e. The summed E-state index contributed by atoms with van der Waals surface area (Å²) in [6.07, 6.45) is 0.255. The smallest absolute Gasteiger partial charge is 0.264 e. The second-order valence-corrected chi connectivity index (χ2v) is 7.90. The Bertz CT molecular complexity index is 815. The number of anilines is 2. The Morgan fingerprint density at radius 1 is 1.08 bits per heavy atom. The van der Waals surface area contributed by atoms with E-state index in [1.165, 1.54) is 12.1 Å². The van der Waals surface area contributed by atoms with Gasteiger partial charge in [0.1, 0.15) is 4.90 Å². The number of hydrogen-bond acceptors (Lipinski definition) is 4. The monoisotopic (exact) mass is 386 g/mol. The molecule has 24 heavy (non-hydrogen) atoms. The Labute approximate surface area is 151 Å². The predicted octanol–water partition coefficient (Wildman–Crippen LogP) is 3.63. The molecule has 128 valence electrons. The van der Waals surface area contributed by atoms with E-state index < -0.39 is 10.0 Å². The molecule has 3 rings (SSSR count). The molecule has 0 spiro atoms. The quantitative estimate of drug-likeness (QED) is 0.851. The number of sulfonamides is 1. The van der Waals surface area contributed by atoms with Crippen LogP contribution in [-0.4, -0.2) is 34.7 Å². The van der Waals surface area contributed by atoms with Crippen molar-refractivity contribution in [2.45, 2.75) is 11.0 Å². The van der Waals surface area contributed by atoms with Gasteiger partial charge in [-0.25, -0.2) is 8.42 Å². The highest BCUT2D eigenvalue weighted by molar-refractivity contribution is 7.93. The molecule has 0 aliphatic carbocycles. The van der Waals surface area contributed by atoms with Crippen LogP contribution in [0.3, 0.4) is 0 Å². The largest absolute Gasteiger partial charge is 0.378 e. The van der Waals surface area contributed by atoms with E-state index in [1.807, 2.05) is 12.1 Å². The molecule has 0 saturated carbocycles. The van der Waals surface area contributed by atoms with Gasteiger partial charge in [-0.05, 0) is 36.4 Å². The summed E-state index contributed by atoms with van der Waals surface area (Å²) < 4.78 is 32.7. The van der Waals surface area contributed by atoms with Crippen molar-refractivity contribution in [1.82, 2.24) is 0 Å². The van der Waals surface area contributed by atoms with Crippen LogP contribution in [0.2, 0.25) is 10.0 Å². The molecule has 0 atom stereocenters. The van der Waals surface area contributed by atoms with Gasteiger partial charge in [-0.2, -0.15) is 0 Å². The molecule has 1 N–H and O–H groups in total. The van der Waals surface area contributed by atoms with Crippen LogP contribution in [0.5, 0.6) is 0 Å². The van der Waals surface area contributed by atoms with E-state index in [0.29, 0.717) is 5.69 Å². The number of nitrogens with one attached hydrogen (secondary N) is 1. The number of methoxy groups -OCH3 is 1. The lowest BCUT2D eigenvalue weighted by molar-refractivity contribution is 0.0788. The first kappa shape index (κ1) is 17.4. The summed E-state index contributed by atoms with van der Waals surface area (Å²) in [7, 11) is -2.17. The van der Waals surface area contributed by atoms with E-state index in [-0.39, 0.29) is 21.0 Å². The minimum absolute atomic E-state index is 0.0813. The zero-order valence-electron chi connectivity index (χ0n) is 12.9. The second kappa shape index (κ2) is 6.80. The van der Waals surface area contributed by atoms with Crippen molar-refractivity contribution in [3.8, 4) is 0 Å². The van der Waals surface area contributed by atoms with Crippen molar-refractivity contribution in [2.75, 3.05) is 29.8 Å². The fourth-order valence-corrected chi connectivity index (χ4v) is 4.69. The number of rotatable bonds is 5. The summed E-state index contributed by atoms with van der Waals surface area (Å²) in [6, 6.07) is 11.7. The van der Waals surface area contributed by atoms with Crippen LogP contribution in [0.4, 0.5) is 11.4 Å². The van der Waals surface area contributed by atoms with Crippen molar-refractivity contribution >= 4 is 44.6 Å². The van der Waals surface area contributed by atoms with E-state index in [1.54, 1.807) is 25.3 Å². The molecule has 0 unspecified atom stereocenters. The molecular weight excluding hydrogens is 371 g/mol. The number of benzene rings is 2. The van der Waals surface area contributed by atoms with Crippen LogP contribution in [0.25, 0.3) is 0 Å². The van der Waals surface area contributed by atoms with Crippen LogP contribution < -0.4 is 9.62 Å². The molecule has 2 aromatic carbocycles. The summed E-state index contributed by atoms with van der Waals surface area (Å²) in [6.45, 7) is 1.66. The average Bonchev–Trinajstić information content (AvgIpc) is 2.47. The van der Waals surface area contributed by atoms with Crippen molar-refractivity contribution in [1.29, 1.82) is 0 Å². The maximum atomic E-state index is 12.5. The number of nitrogens with zero attached hydrogens (tertiary/aromatic N) is 1. The minimum atomic E-state index is -3.86. The Morgan fingerprint density at radius 3 is 2.21 bits per heavy atom. The first-order chi connectivity index (χ1) is 11.4. The van der Waals surface area contributed by atoms with E-state index in [0.717, 1.165) is 18.8 Å². The molecule has 8 heteroatoms. The van der Waals surface area contributed by atoms with Gasteiger partial charge < -0.3 is 9.64 Å². The van der Waals surface area contributed by atoms with E-state index in [9.17, 15) is 8.42 Å². The van der Waals surface area contributed by atoms with Gasteiger partial charge in [-0.15, -0.1) is 0 Å². The SMILES string of the molecule is COC1CN(c2ccc(NS(=O)(=O)c3c(Cl)cccc3Cl)cc2)C1. The van der Waals surface area contributed by atoms with Gasteiger partial charge in [-0.1, -0.05) is 29.3 Å². The van der Waals surface area contributed by atoms with E-state index in [4.69, 9.17) is 27.9 Å². The van der Waals surface area contributed by atoms with Crippen LogP contribution in [0.1, 0.15) is 0 Å². The predicted molar refractivity (Wildman–Crippen MR) is 96.7 cm³/mol. The highest BCUT2D eigenvalue weighted by Crippen LogP contribution is 2.31. The van der Waals surface area contributed by atoms with Crippen LogP contribution in [-0.2, 0) is 14.8 Å². The van der Waals surface area contributed by atoms with Gasteiger partial charge in [0.25, 0.3) is 10.0 Å². The van der Waals surface area contributed by atoms with Gasteiger partial charge >= 0.3 is 0 Å². The third-order valence-corrected chi connectivity index (χ3v) is 6.19. The van der Waals surface area contributed by atoms with Crippen LogP contribution in [0.15, 0.2) is 47.4 Å². The highest BCUT2D eigenvalue weighted by atomic mass is 35.5. The molecule has 5 nitrogen and oxygen atoms in total. The lowest BCUT2D eigenvalue weighted by atomic mass is 10.1. The summed E-state index contributed by atoms with van der Waals surface area (Å²) in [5.74, 6) is 0. The maximum absolute atomic E-state index is 12.5. The number of halogens is 2. The normalized spacial score (nSPS) is 15.2. The molecule has 1 heterocycles. The lowest BCUT2D eigenvalue weighted by Crippen LogP contribution is -2.51. The molecule has 1 saturated heterocycles. The molecule has 0 aromatic heterocycles. The highest BCUT2D eigenvalue weighted by Gasteiger charge is 2.26. The fourth-order valence-electron chi connectivity index (χ4n) is 2.48. The van der Waals surface area contributed by atoms with Crippen molar-refractivity contribution in [3.63, 3.8) is 0 Å². The van der Waals surface area contributed by atoms with Crippen LogP contribution in [0, 0.1) is 0 Å². The van der Waals surface area contributed by atoms with Crippen molar-refractivity contribution in [2.24, 2.45) is 0 Å². The molecular formula is C16H16Cl2N2O3S. The Balaban J connectivity index is 1.76. The zero-order chi connectivity index (χ0) is 17.3. The summed E-state index contributed by atoms with van der Waals surface area (Å²) >= 11 is 12.0. The second-order valence-electron chi connectivity index (χ2n) is 5.47. The molecule has 1 aliphatic heterocycles. The summed E-state index contributed by atoms with van der Waals surface area (Å²) in [5, 5.41) is 0.163. The Morgan fingerprint density at radius 2 is 1.67 bits per heavy atom.